The highest BCUT2D eigenvalue weighted by Crippen LogP contribution is 2.23. The number of anilines is 1. The molecule has 0 aliphatic carbocycles. The molecule has 1 aliphatic rings. The first-order valence-electron chi connectivity index (χ1n) is 10.4. The van der Waals surface area contributed by atoms with E-state index in [1.807, 2.05) is 11.8 Å². The maximum absolute atomic E-state index is 12.8. The highest BCUT2D eigenvalue weighted by atomic mass is 19.4. The number of ether oxygens (including phenoxy) is 1. The first-order valence-corrected chi connectivity index (χ1v) is 10.4. The molecule has 0 unspecified atom stereocenters. The van der Waals surface area contributed by atoms with Crippen molar-refractivity contribution in [3.63, 3.8) is 0 Å². The number of alkyl halides is 3. The van der Waals surface area contributed by atoms with E-state index in [0.29, 0.717) is 50.5 Å². The van der Waals surface area contributed by atoms with Crippen LogP contribution in [0.2, 0.25) is 0 Å². The van der Waals surface area contributed by atoms with E-state index in [4.69, 9.17) is 4.74 Å². The minimum atomic E-state index is -4.22. The minimum Gasteiger partial charge on any atom is -0.495 e. The van der Waals surface area contributed by atoms with Crippen molar-refractivity contribution in [1.29, 1.82) is 0 Å². The van der Waals surface area contributed by atoms with Gasteiger partial charge in [0, 0.05) is 19.6 Å². The number of methoxy groups -OCH3 is 1. The Morgan fingerprint density at radius 2 is 1.81 bits per heavy atom. The first kappa shape index (κ1) is 24.9. The molecular weight excluding hydrogens is 413 g/mol. The number of hydrogen-bond donors (Lipinski definition) is 1. The standard InChI is InChI=1S/C21H31F3N4O3/c1-3-9-28(14-19(29)25-17-7-4-5-8-18(17)31-2)20(30)15-26-10-6-11-27(13-12-26)16-21(22,23)24/h4-5,7-8H,3,6,9-16H2,1-2H3,(H,25,29). The van der Waals surface area contributed by atoms with Crippen LogP contribution in [0.4, 0.5) is 18.9 Å². The van der Waals surface area contributed by atoms with E-state index in [1.165, 1.54) is 16.9 Å². The van der Waals surface area contributed by atoms with E-state index in [1.54, 1.807) is 24.3 Å². The molecule has 1 aromatic rings. The number of nitrogens with one attached hydrogen (secondary N) is 1. The van der Waals surface area contributed by atoms with E-state index in [0.717, 1.165) is 0 Å². The van der Waals surface area contributed by atoms with Gasteiger partial charge in [0.15, 0.2) is 0 Å². The number of halogens is 3. The molecule has 1 saturated heterocycles. The molecule has 0 bridgehead atoms. The summed E-state index contributed by atoms with van der Waals surface area (Å²) in [5.74, 6) is -0.0167. The van der Waals surface area contributed by atoms with Crippen molar-refractivity contribution in [3.05, 3.63) is 24.3 Å². The van der Waals surface area contributed by atoms with Gasteiger partial charge in [-0.15, -0.1) is 0 Å². The molecule has 10 heteroatoms. The Bertz CT molecular complexity index is 730. The second kappa shape index (κ2) is 11.9. The van der Waals surface area contributed by atoms with Crippen LogP contribution in [0.3, 0.4) is 0 Å². The zero-order valence-corrected chi connectivity index (χ0v) is 18.1. The molecule has 31 heavy (non-hydrogen) atoms. The Labute approximate surface area is 181 Å². The van der Waals surface area contributed by atoms with Gasteiger partial charge in [0.2, 0.25) is 11.8 Å². The summed E-state index contributed by atoms with van der Waals surface area (Å²) in [6.45, 7) is 2.94. The lowest BCUT2D eigenvalue weighted by molar-refractivity contribution is -0.145. The molecule has 0 aromatic heterocycles. The number of rotatable bonds is 9. The van der Waals surface area contributed by atoms with Crippen molar-refractivity contribution in [2.24, 2.45) is 0 Å². The van der Waals surface area contributed by atoms with E-state index < -0.39 is 12.7 Å². The van der Waals surface area contributed by atoms with Gasteiger partial charge < -0.3 is 15.0 Å². The van der Waals surface area contributed by atoms with Crippen molar-refractivity contribution in [2.75, 3.05) is 64.8 Å². The fourth-order valence-corrected chi connectivity index (χ4v) is 3.56. The number of amides is 2. The molecule has 0 radical (unpaired) electrons. The Balaban J connectivity index is 1.90. The number of benzene rings is 1. The number of hydrogen-bond acceptors (Lipinski definition) is 5. The van der Waals surface area contributed by atoms with Gasteiger partial charge in [0.05, 0.1) is 32.4 Å². The monoisotopic (exact) mass is 444 g/mol. The summed E-state index contributed by atoms with van der Waals surface area (Å²) in [6, 6.07) is 7.01. The average molecular weight is 444 g/mol. The maximum Gasteiger partial charge on any atom is 0.401 e. The molecule has 1 fully saturated rings. The average Bonchev–Trinajstić information content (AvgIpc) is 2.91. The van der Waals surface area contributed by atoms with Crippen molar-refractivity contribution in [1.82, 2.24) is 14.7 Å². The van der Waals surface area contributed by atoms with Gasteiger partial charge in [0.1, 0.15) is 5.75 Å². The van der Waals surface area contributed by atoms with Crippen LogP contribution in [0.5, 0.6) is 5.75 Å². The molecule has 0 spiro atoms. The summed E-state index contributed by atoms with van der Waals surface area (Å²) in [4.78, 5) is 30.0. The van der Waals surface area contributed by atoms with Crippen LogP contribution < -0.4 is 10.1 Å². The van der Waals surface area contributed by atoms with Crippen LogP contribution in [0.25, 0.3) is 0 Å². The van der Waals surface area contributed by atoms with Gasteiger partial charge in [0.25, 0.3) is 0 Å². The highest BCUT2D eigenvalue weighted by Gasteiger charge is 2.31. The third-order valence-corrected chi connectivity index (χ3v) is 5.00. The number of nitrogens with zero attached hydrogens (tertiary/aromatic N) is 3. The van der Waals surface area contributed by atoms with E-state index in [-0.39, 0.29) is 31.4 Å². The van der Waals surface area contributed by atoms with Crippen molar-refractivity contribution in [3.8, 4) is 5.75 Å². The Hall–Kier alpha value is -2.33. The van der Waals surface area contributed by atoms with Crippen LogP contribution in [0.15, 0.2) is 24.3 Å². The maximum atomic E-state index is 12.8. The summed E-state index contributed by atoms with van der Waals surface area (Å²) in [6.07, 6.45) is -2.98. The molecule has 2 rings (SSSR count). The van der Waals surface area contributed by atoms with Gasteiger partial charge in [-0.05, 0) is 38.1 Å². The van der Waals surface area contributed by atoms with Gasteiger partial charge >= 0.3 is 6.18 Å². The zero-order valence-electron chi connectivity index (χ0n) is 18.1. The Morgan fingerprint density at radius 3 is 2.48 bits per heavy atom. The van der Waals surface area contributed by atoms with Crippen LogP contribution in [0, 0.1) is 0 Å². The summed E-state index contributed by atoms with van der Waals surface area (Å²) in [7, 11) is 1.51. The Morgan fingerprint density at radius 1 is 1.13 bits per heavy atom. The smallest absolute Gasteiger partial charge is 0.401 e. The van der Waals surface area contributed by atoms with E-state index >= 15 is 0 Å². The van der Waals surface area contributed by atoms with Gasteiger partial charge in [-0.3, -0.25) is 19.4 Å². The molecule has 7 nitrogen and oxygen atoms in total. The fourth-order valence-electron chi connectivity index (χ4n) is 3.56. The van der Waals surface area contributed by atoms with Crippen LogP contribution >= 0.6 is 0 Å². The SMILES string of the molecule is CCCN(CC(=O)Nc1ccccc1OC)C(=O)CN1CCCN(CC(F)(F)F)CC1. The molecule has 174 valence electrons. The Kier molecular flexibility index (Phi) is 9.57. The molecule has 1 aliphatic heterocycles. The molecule has 0 saturated carbocycles. The van der Waals surface area contributed by atoms with Crippen molar-refractivity contribution < 1.29 is 27.5 Å². The minimum absolute atomic E-state index is 0.0851. The van der Waals surface area contributed by atoms with Crippen molar-refractivity contribution >= 4 is 17.5 Å². The number of carbonyl (C=O) groups excluding carboxylic acids is 2. The lowest BCUT2D eigenvalue weighted by Crippen LogP contribution is -2.45. The van der Waals surface area contributed by atoms with Gasteiger partial charge in [-0.1, -0.05) is 19.1 Å². The molecule has 1 N–H and O–H groups in total. The number of para-hydroxylation sites is 2. The molecular formula is C21H31F3N4O3. The summed E-state index contributed by atoms with van der Waals surface area (Å²) >= 11 is 0. The predicted molar refractivity (Wildman–Crippen MR) is 112 cm³/mol. The third kappa shape index (κ3) is 8.74. The topological polar surface area (TPSA) is 65.1 Å². The third-order valence-electron chi connectivity index (χ3n) is 5.00. The molecule has 1 heterocycles. The second-order valence-corrected chi connectivity index (χ2v) is 7.58. The van der Waals surface area contributed by atoms with Crippen LogP contribution in [-0.2, 0) is 9.59 Å². The van der Waals surface area contributed by atoms with Crippen molar-refractivity contribution in [2.45, 2.75) is 25.9 Å². The second-order valence-electron chi connectivity index (χ2n) is 7.58. The number of carbonyl (C=O) groups is 2. The van der Waals surface area contributed by atoms with Gasteiger partial charge in [-0.25, -0.2) is 0 Å². The molecule has 1 aromatic carbocycles. The van der Waals surface area contributed by atoms with Crippen LogP contribution in [-0.4, -0.2) is 92.2 Å². The van der Waals surface area contributed by atoms with Crippen LogP contribution in [0.1, 0.15) is 19.8 Å². The molecule has 2 amide bonds. The predicted octanol–water partition coefficient (Wildman–Crippen LogP) is 2.44. The zero-order chi connectivity index (χ0) is 22.9. The lowest BCUT2D eigenvalue weighted by Gasteiger charge is -2.26. The summed E-state index contributed by atoms with van der Waals surface area (Å²) < 4.78 is 43.1. The van der Waals surface area contributed by atoms with Gasteiger partial charge in [-0.2, -0.15) is 13.2 Å². The normalized spacial score (nSPS) is 15.9. The molecule has 0 atom stereocenters. The lowest BCUT2D eigenvalue weighted by atomic mass is 10.3. The largest absolute Gasteiger partial charge is 0.495 e. The summed E-state index contributed by atoms with van der Waals surface area (Å²) in [5.41, 5.74) is 0.524. The van der Waals surface area contributed by atoms with E-state index in [2.05, 4.69) is 5.32 Å². The quantitative estimate of drug-likeness (QED) is 0.634. The fraction of sp³-hybridized carbons (Fsp3) is 0.619. The summed E-state index contributed by atoms with van der Waals surface area (Å²) in [5, 5.41) is 2.76. The van der Waals surface area contributed by atoms with E-state index in [9.17, 15) is 22.8 Å². The highest BCUT2D eigenvalue weighted by molar-refractivity contribution is 5.95. The first-order chi connectivity index (χ1) is 14.7.